The highest BCUT2D eigenvalue weighted by molar-refractivity contribution is 8.01. The highest BCUT2D eigenvalue weighted by Gasteiger charge is 2.20. The second kappa shape index (κ2) is 12.8. The minimum atomic E-state index is -0.161. The van der Waals surface area contributed by atoms with Crippen molar-refractivity contribution in [1.29, 1.82) is 0 Å². The number of thioether (sulfide) groups is 1. The van der Waals surface area contributed by atoms with Crippen LogP contribution in [0.3, 0.4) is 0 Å². The summed E-state index contributed by atoms with van der Waals surface area (Å²) in [4.78, 5) is 15.0. The largest absolute Gasteiger partial charge is 0.492 e. The van der Waals surface area contributed by atoms with Crippen LogP contribution in [0.25, 0.3) is 0 Å². The number of hydrogen-bond donors (Lipinski definition) is 2. The molecule has 0 aliphatic carbocycles. The fraction of sp³-hybridized carbons (Fsp3) is 0.400. The van der Waals surface area contributed by atoms with Crippen LogP contribution in [0.5, 0.6) is 11.5 Å². The van der Waals surface area contributed by atoms with Gasteiger partial charge < -0.3 is 29.7 Å². The van der Waals surface area contributed by atoms with E-state index in [2.05, 4.69) is 25.7 Å². The van der Waals surface area contributed by atoms with Gasteiger partial charge in [0.2, 0.25) is 11.0 Å². The third kappa shape index (κ3) is 7.02. The first-order valence-electron chi connectivity index (χ1n) is 11.9. The molecule has 0 unspecified atom stereocenters. The van der Waals surface area contributed by atoms with Crippen LogP contribution in [0, 0.1) is 6.92 Å². The number of anilines is 4. The molecule has 1 fully saturated rings. The van der Waals surface area contributed by atoms with Crippen molar-refractivity contribution in [2.45, 2.75) is 25.1 Å². The van der Waals surface area contributed by atoms with E-state index in [-0.39, 0.29) is 11.7 Å². The van der Waals surface area contributed by atoms with E-state index < -0.39 is 0 Å². The van der Waals surface area contributed by atoms with Gasteiger partial charge in [-0.3, -0.25) is 4.79 Å². The zero-order valence-electron chi connectivity index (χ0n) is 20.7. The van der Waals surface area contributed by atoms with Crippen LogP contribution in [-0.2, 0) is 9.53 Å². The summed E-state index contributed by atoms with van der Waals surface area (Å²) in [6.45, 7) is 9.78. The maximum atomic E-state index is 12.8. The number of hydrogen-bond acceptors (Lipinski definition) is 10. The van der Waals surface area contributed by atoms with E-state index in [9.17, 15) is 4.79 Å². The molecule has 2 aromatic carbocycles. The molecular formula is C25H31N5O4S2. The molecular weight excluding hydrogens is 498 g/mol. The molecule has 9 nitrogen and oxygen atoms in total. The molecule has 1 saturated heterocycles. The van der Waals surface area contributed by atoms with Gasteiger partial charge in [0, 0.05) is 30.9 Å². The van der Waals surface area contributed by atoms with E-state index in [1.54, 1.807) is 0 Å². The molecule has 2 heterocycles. The molecule has 0 saturated carbocycles. The summed E-state index contributed by atoms with van der Waals surface area (Å²) < 4.78 is 18.0. The molecule has 1 aromatic heterocycles. The van der Waals surface area contributed by atoms with E-state index in [0.717, 1.165) is 30.0 Å². The van der Waals surface area contributed by atoms with Gasteiger partial charge >= 0.3 is 0 Å². The van der Waals surface area contributed by atoms with Gasteiger partial charge in [0.05, 0.1) is 43.6 Å². The Balaban J connectivity index is 1.41. The van der Waals surface area contributed by atoms with E-state index in [0.29, 0.717) is 53.1 Å². The lowest BCUT2D eigenvalue weighted by molar-refractivity contribution is -0.113. The van der Waals surface area contributed by atoms with Crippen molar-refractivity contribution in [3.05, 3.63) is 42.0 Å². The molecule has 11 heteroatoms. The van der Waals surface area contributed by atoms with Crippen molar-refractivity contribution in [2.24, 2.45) is 0 Å². The van der Waals surface area contributed by atoms with Crippen molar-refractivity contribution in [3.8, 4) is 11.5 Å². The highest BCUT2D eigenvalue weighted by Crippen LogP contribution is 2.39. The predicted molar refractivity (Wildman–Crippen MR) is 146 cm³/mol. The Morgan fingerprint density at radius 3 is 2.64 bits per heavy atom. The van der Waals surface area contributed by atoms with Crippen molar-refractivity contribution in [2.75, 3.05) is 60.8 Å². The number of amides is 1. The minimum absolute atomic E-state index is 0.161. The smallest absolute Gasteiger partial charge is 0.234 e. The first-order chi connectivity index (χ1) is 17.6. The number of aromatic nitrogens is 2. The standard InChI is InChI=1S/C25H31N5O4S2/c1-4-33-21-15-20(30-9-11-32-12-10-30)22(34-5-2)14-19(21)27-23(31)16-35-25-29-28-24(36-25)26-18-8-6-7-17(3)13-18/h6-8,13-15H,4-5,9-12,16H2,1-3H3,(H,26,28)(H,27,31). The second-order valence-electron chi connectivity index (χ2n) is 7.99. The quantitative estimate of drug-likeness (QED) is 0.334. The number of carbonyl (C=O) groups is 1. The summed E-state index contributed by atoms with van der Waals surface area (Å²) >= 11 is 2.75. The topological polar surface area (TPSA) is 97.8 Å². The van der Waals surface area contributed by atoms with Gasteiger partial charge in [0.25, 0.3) is 0 Å². The molecule has 0 bridgehead atoms. The van der Waals surface area contributed by atoms with E-state index in [1.807, 2.05) is 57.2 Å². The normalized spacial score (nSPS) is 13.4. The second-order valence-corrected chi connectivity index (χ2v) is 10.2. The molecule has 0 spiro atoms. The summed E-state index contributed by atoms with van der Waals surface area (Å²) in [7, 11) is 0. The van der Waals surface area contributed by atoms with Crippen LogP contribution in [0.2, 0.25) is 0 Å². The Labute approximate surface area is 219 Å². The van der Waals surface area contributed by atoms with Crippen LogP contribution in [0.4, 0.5) is 22.2 Å². The number of ether oxygens (including phenoxy) is 3. The molecule has 0 radical (unpaired) electrons. The number of nitrogens with one attached hydrogen (secondary N) is 2. The summed E-state index contributed by atoms with van der Waals surface area (Å²) in [6.07, 6.45) is 0. The summed E-state index contributed by atoms with van der Waals surface area (Å²) in [6, 6.07) is 11.8. The summed E-state index contributed by atoms with van der Waals surface area (Å²) in [5.74, 6) is 1.36. The fourth-order valence-corrected chi connectivity index (χ4v) is 5.29. The Bertz CT molecular complexity index is 1170. The van der Waals surface area contributed by atoms with E-state index in [1.165, 1.54) is 23.1 Å². The van der Waals surface area contributed by atoms with Gasteiger partial charge in [-0.25, -0.2) is 0 Å². The predicted octanol–water partition coefficient (Wildman–Crippen LogP) is 4.95. The molecule has 0 atom stereocenters. The van der Waals surface area contributed by atoms with Crippen molar-refractivity contribution in [3.63, 3.8) is 0 Å². The van der Waals surface area contributed by atoms with Crippen molar-refractivity contribution >= 4 is 51.2 Å². The Morgan fingerprint density at radius 2 is 1.89 bits per heavy atom. The summed E-state index contributed by atoms with van der Waals surface area (Å²) in [5, 5.41) is 15.3. The average molecular weight is 530 g/mol. The average Bonchev–Trinajstić information content (AvgIpc) is 3.32. The summed E-state index contributed by atoms with van der Waals surface area (Å²) in [5.41, 5.74) is 3.64. The van der Waals surface area contributed by atoms with Gasteiger partial charge in [0.15, 0.2) is 4.34 Å². The van der Waals surface area contributed by atoms with Crippen molar-refractivity contribution < 1.29 is 19.0 Å². The number of carbonyl (C=O) groups excluding carboxylic acids is 1. The third-order valence-corrected chi connectivity index (χ3v) is 7.26. The number of morpholine rings is 1. The highest BCUT2D eigenvalue weighted by atomic mass is 32.2. The molecule has 1 amide bonds. The molecule has 2 N–H and O–H groups in total. The van der Waals surface area contributed by atoms with Gasteiger partial charge in [0.1, 0.15) is 11.5 Å². The van der Waals surface area contributed by atoms with Gasteiger partial charge in [-0.15, -0.1) is 10.2 Å². The SMILES string of the molecule is CCOc1cc(N2CCOCC2)c(OCC)cc1NC(=O)CSc1nnc(Nc2cccc(C)c2)s1. The van der Waals surface area contributed by atoms with Crippen molar-refractivity contribution in [1.82, 2.24) is 10.2 Å². The molecule has 3 aromatic rings. The van der Waals surface area contributed by atoms with E-state index >= 15 is 0 Å². The van der Waals surface area contributed by atoms with E-state index in [4.69, 9.17) is 14.2 Å². The van der Waals surface area contributed by atoms with Crippen LogP contribution in [0.1, 0.15) is 19.4 Å². The monoisotopic (exact) mass is 529 g/mol. The van der Waals surface area contributed by atoms with Crippen LogP contribution >= 0.6 is 23.1 Å². The van der Waals surface area contributed by atoms with Crippen LogP contribution < -0.4 is 25.0 Å². The number of rotatable bonds is 11. The maximum Gasteiger partial charge on any atom is 0.234 e. The van der Waals surface area contributed by atoms with Gasteiger partial charge in [-0.2, -0.15) is 0 Å². The third-order valence-electron chi connectivity index (χ3n) is 5.29. The number of aryl methyl sites for hydroxylation is 1. The number of nitrogens with zero attached hydrogens (tertiary/aromatic N) is 3. The first-order valence-corrected chi connectivity index (χ1v) is 13.7. The van der Waals surface area contributed by atoms with Crippen LogP contribution in [-0.4, -0.2) is 61.4 Å². The zero-order valence-corrected chi connectivity index (χ0v) is 22.3. The minimum Gasteiger partial charge on any atom is -0.492 e. The lowest BCUT2D eigenvalue weighted by Gasteiger charge is -2.31. The van der Waals surface area contributed by atoms with Gasteiger partial charge in [-0.1, -0.05) is 35.2 Å². The Hall–Kier alpha value is -3.02. The molecule has 1 aliphatic heterocycles. The zero-order chi connectivity index (χ0) is 25.3. The molecule has 1 aliphatic rings. The Morgan fingerprint density at radius 1 is 1.11 bits per heavy atom. The Kier molecular flexibility index (Phi) is 9.26. The lowest BCUT2D eigenvalue weighted by atomic mass is 10.2. The first kappa shape index (κ1) is 26.1. The fourth-order valence-electron chi connectivity index (χ4n) is 3.72. The molecule has 36 heavy (non-hydrogen) atoms. The molecule has 192 valence electrons. The molecule has 4 rings (SSSR count). The lowest BCUT2D eigenvalue weighted by Crippen LogP contribution is -2.36. The van der Waals surface area contributed by atoms with Gasteiger partial charge in [-0.05, 0) is 38.5 Å². The number of benzene rings is 2. The van der Waals surface area contributed by atoms with Crippen LogP contribution in [0.15, 0.2) is 40.7 Å². The maximum absolute atomic E-state index is 12.8.